The van der Waals surface area contributed by atoms with Gasteiger partial charge < -0.3 is 14.5 Å². The van der Waals surface area contributed by atoms with Crippen molar-refractivity contribution in [2.75, 3.05) is 37.7 Å². The van der Waals surface area contributed by atoms with Crippen LogP contribution in [-0.4, -0.2) is 59.3 Å². The monoisotopic (exact) mass is 408 g/mol. The summed E-state index contributed by atoms with van der Waals surface area (Å²) in [6.07, 6.45) is 3.48. The van der Waals surface area contributed by atoms with E-state index in [1.807, 2.05) is 12.3 Å². The van der Waals surface area contributed by atoms with Crippen LogP contribution >= 0.6 is 0 Å². The van der Waals surface area contributed by atoms with E-state index in [2.05, 4.69) is 10.00 Å². The minimum Gasteiger partial charge on any atom is -0.452 e. The van der Waals surface area contributed by atoms with Crippen molar-refractivity contribution in [1.82, 2.24) is 14.7 Å². The van der Waals surface area contributed by atoms with Crippen LogP contribution in [0, 0.1) is 5.82 Å². The summed E-state index contributed by atoms with van der Waals surface area (Å²) in [5, 5.41) is 4.13. The van der Waals surface area contributed by atoms with Crippen LogP contribution in [0.15, 0.2) is 67.0 Å². The van der Waals surface area contributed by atoms with Gasteiger partial charge in [-0.3, -0.25) is 4.79 Å². The van der Waals surface area contributed by atoms with Crippen LogP contribution in [0.5, 0.6) is 0 Å². The molecule has 0 saturated carbocycles. The lowest BCUT2D eigenvalue weighted by Gasteiger charge is -2.36. The minimum atomic E-state index is -0.541. The second-order valence-electron chi connectivity index (χ2n) is 6.92. The summed E-state index contributed by atoms with van der Waals surface area (Å²) in [4.78, 5) is 28.4. The fraction of sp³-hybridized carbons (Fsp3) is 0.227. The van der Waals surface area contributed by atoms with E-state index in [0.717, 1.165) is 11.4 Å². The molecule has 1 amide bonds. The maximum Gasteiger partial charge on any atom is 0.338 e. The number of ether oxygens (including phenoxy) is 1. The van der Waals surface area contributed by atoms with Gasteiger partial charge in [-0.1, -0.05) is 0 Å². The number of rotatable bonds is 5. The number of hydrogen-bond acceptors (Lipinski definition) is 5. The first kappa shape index (κ1) is 19.6. The predicted octanol–water partition coefficient (Wildman–Crippen LogP) is 2.52. The number of esters is 1. The van der Waals surface area contributed by atoms with Gasteiger partial charge in [-0.15, -0.1) is 0 Å². The molecular formula is C22H21FN4O3. The first-order chi connectivity index (χ1) is 14.6. The van der Waals surface area contributed by atoms with E-state index in [1.54, 1.807) is 52.2 Å². The zero-order valence-corrected chi connectivity index (χ0v) is 16.3. The van der Waals surface area contributed by atoms with Crippen molar-refractivity contribution in [3.8, 4) is 5.69 Å². The van der Waals surface area contributed by atoms with Crippen molar-refractivity contribution in [3.05, 3.63) is 78.4 Å². The Balaban J connectivity index is 1.25. The third kappa shape index (κ3) is 4.48. The van der Waals surface area contributed by atoms with E-state index in [0.29, 0.717) is 31.7 Å². The molecule has 154 valence electrons. The van der Waals surface area contributed by atoms with Gasteiger partial charge in [0.25, 0.3) is 5.91 Å². The molecule has 7 nitrogen and oxygen atoms in total. The Bertz CT molecular complexity index is 996. The van der Waals surface area contributed by atoms with E-state index in [4.69, 9.17) is 4.74 Å². The number of amides is 1. The zero-order chi connectivity index (χ0) is 20.9. The van der Waals surface area contributed by atoms with Gasteiger partial charge in [-0.2, -0.15) is 5.10 Å². The summed E-state index contributed by atoms with van der Waals surface area (Å²) < 4.78 is 19.9. The molecule has 3 aromatic rings. The Morgan fingerprint density at radius 3 is 2.23 bits per heavy atom. The van der Waals surface area contributed by atoms with Crippen molar-refractivity contribution in [3.63, 3.8) is 0 Å². The zero-order valence-electron chi connectivity index (χ0n) is 16.3. The smallest absolute Gasteiger partial charge is 0.338 e. The number of carbonyl (C=O) groups is 2. The van der Waals surface area contributed by atoms with Gasteiger partial charge in [0.1, 0.15) is 5.82 Å². The summed E-state index contributed by atoms with van der Waals surface area (Å²) in [6, 6.07) is 14.9. The molecule has 0 spiro atoms. The van der Waals surface area contributed by atoms with Crippen molar-refractivity contribution in [2.24, 2.45) is 0 Å². The molecule has 0 atom stereocenters. The van der Waals surface area contributed by atoms with Crippen LogP contribution in [0.2, 0.25) is 0 Å². The van der Waals surface area contributed by atoms with Crippen LogP contribution < -0.4 is 4.90 Å². The molecule has 0 radical (unpaired) electrons. The largest absolute Gasteiger partial charge is 0.452 e. The topological polar surface area (TPSA) is 67.7 Å². The quantitative estimate of drug-likeness (QED) is 0.607. The molecule has 8 heteroatoms. The highest BCUT2D eigenvalue weighted by Gasteiger charge is 2.22. The Morgan fingerprint density at radius 1 is 0.933 bits per heavy atom. The van der Waals surface area contributed by atoms with Gasteiger partial charge in [-0.05, 0) is 54.6 Å². The van der Waals surface area contributed by atoms with Crippen molar-refractivity contribution in [1.29, 1.82) is 0 Å². The lowest BCUT2D eigenvalue weighted by atomic mass is 10.2. The highest BCUT2D eigenvalue weighted by atomic mass is 19.1. The molecule has 1 aromatic heterocycles. The average molecular weight is 408 g/mol. The third-order valence-corrected chi connectivity index (χ3v) is 5.02. The molecule has 1 aliphatic rings. The summed E-state index contributed by atoms with van der Waals surface area (Å²) in [5.74, 6) is -1.04. The van der Waals surface area contributed by atoms with Crippen LogP contribution in [0.1, 0.15) is 10.4 Å². The standard InChI is InChI=1S/C22H21FN4O3/c23-18-4-8-19(9-5-18)25-12-14-26(15-13-25)21(28)16-30-22(29)17-2-6-20(7-3-17)27-11-1-10-24-27/h1-11H,12-16H2. The van der Waals surface area contributed by atoms with Crippen LogP contribution in [0.3, 0.4) is 0 Å². The van der Waals surface area contributed by atoms with Gasteiger partial charge >= 0.3 is 5.97 Å². The van der Waals surface area contributed by atoms with Crippen molar-refractivity contribution in [2.45, 2.75) is 0 Å². The number of halogens is 1. The maximum atomic E-state index is 13.1. The SMILES string of the molecule is O=C(OCC(=O)N1CCN(c2ccc(F)cc2)CC1)c1ccc(-n2cccn2)cc1. The molecule has 1 aliphatic heterocycles. The number of nitrogens with zero attached hydrogens (tertiary/aromatic N) is 4. The number of hydrogen-bond donors (Lipinski definition) is 0. The Hall–Kier alpha value is -3.68. The number of carbonyl (C=O) groups excluding carboxylic acids is 2. The molecule has 0 bridgehead atoms. The maximum absolute atomic E-state index is 13.1. The fourth-order valence-corrected chi connectivity index (χ4v) is 3.34. The van der Waals surface area contributed by atoms with E-state index >= 15 is 0 Å². The summed E-state index contributed by atoms with van der Waals surface area (Å²) in [6.45, 7) is 2.02. The number of aromatic nitrogens is 2. The second kappa shape index (κ2) is 8.77. The lowest BCUT2D eigenvalue weighted by molar-refractivity contribution is -0.134. The van der Waals surface area contributed by atoms with Gasteiger partial charge in [0, 0.05) is 44.3 Å². The number of anilines is 1. The fourth-order valence-electron chi connectivity index (χ4n) is 3.34. The molecule has 2 aromatic carbocycles. The first-order valence-electron chi connectivity index (χ1n) is 9.66. The molecule has 0 unspecified atom stereocenters. The molecular weight excluding hydrogens is 387 g/mol. The molecule has 0 aliphatic carbocycles. The normalized spacial score (nSPS) is 13.9. The average Bonchev–Trinajstić information content (AvgIpc) is 3.33. The molecule has 30 heavy (non-hydrogen) atoms. The third-order valence-electron chi connectivity index (χ3n) is 5.02. The van der Waals surface area contributed by atoms with Crippen molar-refractivity contribution >= 4 is 17.6 Å². The Morgan fingerprint density at radius 2 is 1.60 bits per heavy atom. The molecule has 2 heterocycles. The van der Waals surface area contributed by atoms with Crippen LogP contribution in [0.25, 0.3) is 5.69 Å². The molecule has 4 rings (SSSR count). The molecule has 1 fully saturated rings. The Kier molecular flexibility index (Phi) is 5.74. The summed E-state index contributed by atoms with van der Waals surface area (Å²) in [7, 11) is 0. The number of piperazine rings is 1. The van der Waals surface area contributed by atoms with E-state index in [-0.39, 0.29) is 18.3 Å². The van der Waals surface area contributed by atoms with E-state index in [1.165, 1.54) is 12.1 Å². The first-order valence-corrected chi connectivity index (χ1v) is 9.66. The van der Waals surface area contributed by atoms with Gasteiger partial charge in [0.2, 0.25) is 0 Å². The molecule has 1 saturated heterocycles. The van der Waals surface area contributed by atoms with E-state index in [9.17, 15) is 14.0 Å². The van der Waals surface area contributed by atoms with Gasteiger partial charge in [0.05, 0.1) is 11.3 Å². The highest BCUT2D eigenvalue weighted by Crippen LogP contribution is 2.17. The lowest BCUT2D eigenvalue weighted by Crippen LogP contribution is -2.49. The van der Waals surface area contributed by atoms with Gasteiger partial charge in [0.15, 0.2) is 6.61 Å². The predicted molar refractivity (Wildman–Crippen MR) is 109 cm³/mol. The summed E-state index contributed by atoms with van der Waals surface area (Å²) >= 11 is 0. The highest BCUT2D eigenvalue weighted by molar-refractivity contribution is 5.91. The molecule has 0 N–H and O–H groups in total. The second-order valence-corrected chi connectivity index (χ2v) is 6.92. The minimum absolute atomic E-state index is 0.227. The number of benzene rings is 2. The van der Waals surface area contributed by atoms with Crippen molar-refractivity contribution < 1.29 is 18.7 Å². The van der Waals surface area contributed by atoms with Gasteiger partial charge in [-0.25, -0.2) is 13.9 Å². The van der Waals surface area contributed by atoms with Crippen LogP contribution in [-0.2, 0) is 9.53 Å². The van der Waals surface area contributed by atoms with Crippen LogP contribution in [0.4, 0.5) is 10.1 Å². The Labute approximate surface area is 173 Å². The van der Waals surface area contributed by atoms with E-state index < -0.39 is 5.97 Å². The summed E-state index contributed by atoms with van der Waals surface area (Å²) in [5.41, 5.74) is 2.12.